The molecule has 3 aliphatic carbocycles. The summed E-state index contributed by atoms with van der Waals surface area (Å²) in [5.74, 6) is 0. The van der Waals surface area contributed by atoms with E-state index in [4.69, 9.17) is 4.98 Å². The van der Waals surface area contributed by atoms with Crippen LogP contribution in [0.5, 0.6) is 0 Å². The lowest BCUT2D eigenvalue weighted by Gasteiger charge is -2.43. The van der Waals surface area contributed by atoms with Gasteiger partial charge in [0.25, 0.3) is 0 Å². The predicted octanol–water partition coefficient (Wildman–Crippen LogP) is 12.8. The maximum absolute atomic E-state index is 4.81. The smallest absolute Gasteiger partial charge is 0.0509 e. The fourth-order valence-corrected chi connectivity index (χ4v) is 8.73. The Labute approximate surface area is 298 Å². The molecule has 1 heteroatoms. The fraction of sp³-hybridized carbons (Fsp3) is 0.479. The molecule has 3 aliphatic rings. The van der Waals surface area contributed by atoms with E-state index < -0.39 is 0 Å². The highest BCUT2D eigenvalue weighted by molar-refractivity contribution is 5.80. The van der Waals surface area contributed by atoms with Gasteiger partial charge < -0.3 is 0 Å². The minimum atomic E-state index is 0.157. The molecular weight excluding hydrogens is 591 g/mol. The molecule has 3 aromatic carbocycles. The van der Waals surface area contributed by atoms with Gasteiger partial charge >= 0.3 is 0 Å². The summed E-state index contributed by atoms with van der Waals surface area (Å²) in [4.78, 5) is 4.81. The highest BCUT2D eigenvalue weighted by atomic mass is 14.7. The van der Waals surface area contributed by atoms with Gasteiger partial charge in [0.15, 0.2) is 0 Å². The van der Waals surface area contributed by atoms with Gasteiger partial charge in [0.1, 0.15) is 0 Å². The number of aryl methyl sites for hydroxylation is 4. The maximum atomic E-state index is 4.81. The van der Waals surface area contributed by atoms with Crippen molar-refractivity contribution in [1.82, 2.24) is 4.98 Å². The molecule has 0 saturated heterocycles. The zero-order valence-electron chi connectivity index (χ0n) is 32.7. The van der Waals surface area contributed by atoms with Crippen molar-refractivity contribution < 1.29 is 0 Å². The largest absolute Gasteiger partial charge is 0.260 e. The summed E-state index contributed by atoms with van der Waals surface area (Å²) in [5.41, 5.74) is 19.1. The maximum Gasteiger partial charge on any atom is 0.0509 e. The third kappa shape index (κ3) is 6.48. The fourth-order valence-electron chi connectivity index (χ4n) is 8.73. The van der Waals surface area contributed by atoms with Gasteiger partial charge in [-0.1, -0.05) is 122 Å². The molecule has 0 bridgehead atoms. The third-order valence-electron chi connectivity index (χ3n) is 12.8. The van der Waals surface area contributed by atoms with E-state index in [0.717, 1.165) is 5.57 Å². The minimum Gasteiger partial charge on any atom is -0.260 e. The topological polar surface area (TPSA) is 12.9 Å². The monoisotopic (exact) mass is 651 g/mol. The van der Waals surface area contributed by atoms with Crippen molar-refractivity contribution in [3.63, 3.8) is 0 Å². The van der Waals surface area contributed by atoms with Gasteiger partial charge in [-0.3, -0.25) is 4.98 Å². The number of hydrogen-bond acceptors (Lipinski definition) is 1. The zero-order chi connectivity index (χ0) is 35.7. The normalized spacial score (nSPS) is 20.2. The standard InChI is InChI=1S/C24H31N.C24H30/c1-16-7-8-21(25-15-16)24(11-12-24)18-14-20-19(13-17(18)2)22(3,4)9-10-23(20,5)6;1-16-8-10-19(11-9-16)18(3)20-15-22-21(14-17(20)2)23(4,5)12-13-24(22,6)7/h7-8,13-15H,9-12H2,1-6H3;8-11,14-15H,3,12-13H2,1-2,4-7H3. The number of fused-ring (bicyclic) bond motifs is 2. The molecule has 4 aromatic rings. The van der Waals surface area contributed by atoms with Crippen LogP contribution in [0.1, 0.15) is 161 Å². The number of hydrogen-bond donors (Lipinski definition) is 0. The molecule has 258 valence electrons. The third-order valence-corrected chi connectivity index (χ3v) is 12.8. The van der Waals surface area contributed by atoms with Crippen LogP contribution in [0, 0.1) is 27.7 Å². The molecule has 1 aromatic heterocycles. The van der Waals surface area contributed by atoms with E-state index in [1.807, 2.05) is 6.20 Å². The predicted molar refractivity (Wildman–Crippen MR) is 211 cm³/mol. The van der Waals surface area contributed by atoms with Crippen LogP contribution in [-0.4, -0.2) is 4.98 Å². The second-order valence-electron chi connectivity index (χ2n) is 18.6. The molecule has 0 aliphatic heterocycles. The molecule has 0 N–H and O–H groups in total. The van der Waals surface area contributed by atoms with Crippen LogP contribution >= 0.6 is 0 Å². The zero-order valence-corrected chi connectivity index (χ0v) is 32.7. The minimum absolute atomic E-state index is 0.157. The first-order chi connectivity index (χ1) is 22.8. The van der Waals surface area contributed by atoms with Crippen molar-refractivity contribution in [1.29, 1.82) is 0 Å². The van der Waals surface area contributed by atoms with Crippen molar-refractivity contribution in [2.45, 2.75) is 149 Å². The first-order valence-corrected chi connectivity index (χ1v) is 18.8. The van der Waals surface area contributed by atoms with Crippen LogP contribution in [-0.2, 0) is 27.1 Å². The Kier molecular flexibility index (Phi) is 8.74. The number of pyridine rings is 1. The Morgan fingerprint density at radius 1 is 0.510 bits per heavy atom. The van der Waals surface area contributed by atoms with Crippen molar-refractivity contribution in [3.8, 4) is 0 Å². The molecule has 1 saturated carbocycles. The molecule has 1 nitrogen and oxygen atoms in total. The van der Waals surface area contributed by atoms with E-state index in [2.05, 4.69) is 150 Å². The van der Waals surface area contributed by atoms with Gasteiger partial charge in [0.2, 0.25) is 0 Å². The second-order valence-corrected chi connectivity index (χ2v) is 18.6. The van der Waals surface area contributed by atoms with Crippen LogP contribution in [0.15, 0.2) is 73.4 Å². The van der Waals surface area contributed by atoms with Crippen molar-refractivity contribution >= 4 is 5.57 Å². The molecule has 0 atom stereocenters. The summed E-state index contributed by atoms with van der Waals surface area (Å²) in [6, 6.07) is 23.1. The molecule has 7 rings (SSSR count). The average molecular weight is 652 g/mol. The summed E-state index contributed by atoms with van der Waals surface area (Å²) < 4.78 is 0. The van der Waals surface area contributed by atoms with Crippen LogP contribution in [0.25, 0.3) is 5.57 Å². The Hall–Kier alpha value is -3.45. The Morgan fingerprint density at radius 2 is 0.959 bits per heavy atom. The first kappa shape index (κ1) is 35.4. The van der Waals surface area contributed by atoms with E-state index in [0.29, 0.717) is 0 Å². The van der Waals surface area contributed by atoms with Crippen molar-refractivity contribution in [2.75, 3.05) is 0 Å². The van der Waals surface area contributed by atoms with Crippen LogP contribution in [0.2, 0.25) is 0 Å². The Bertz CT molecular complexity index is 1890. The molecule has 0 spiro atoms. The number of rotatable bonds is 4. The molecular formula is C48H61N. The van der Waals surface area contributed by atoms with Crippen LogP contribution in [0.3, 0.4) is 0 Å². The highest BCUT2D eigenvalue weighted by Crippen LogP contribution is 2.56. The molecule has 0 unspecified atom stereocenters. The van der Waals surface area contributed by atoms with E-state index in [1.54, 1.807) is 11.1 Å². The summed E-state index contributed by atoms with van der Waals surface area (Å²) in [6.45, 7) is 32.4. The van der Waals surface area contributed by atoms with Gasteiger partial charge in [-0.2, -0.15) is 0 Å². The number of aromatic nitrogens is 1. The summed E-state index contributed by atoms with van der Waals surface area (Å²) in [6.07, 6.45) is 9.52. The average Bonchev–Trinajstić information content (AvgIpc) is 3.84. The van der Waals surface area contributed by atoms with E-state index >= 15 is 0 Å². The number of nitrogens with zero attached hydrogens (tertiary/aromatic N) is 1. The van der Waals surface area contributed by atoms with Gasteiger partial charge in [-0.05, 0) is 155 Å². The van der Waals surface area contributed by atoms with Crippen molar-refractivity contribution in [2.24, 2.45) is 0 Å². The molecule has 1 heterocycles. The van der Waals surface area contributed by atoms with Gasteiger partial charge in [-0.15, -0.1) is 0 Å². The van der Waals surface area contributed by atoms with Gasteiger partial charge in [0.05, 0.1) is 5.69 Å². The van der Waals surface area contributed by atoms with E-state index in [9.17, 15) is 0 Å². The lowest BCUT2D eigenvalue weighted by molar-refractivity contribution is 0.331. The molecule has 1 fully saturated rings. The second kappa shape index (κ2) is 12.1. The van der Waals surface area contributed by atoms with Gasteiger partial charge in [0, 0.05) is 11.6 Å². The number of benzene rings is 3. The van der Waals surface area contributed by atoms with Gasteiger partial charge in [-0.25, -0.2) is 0 Å². The lowest BCUT2D eigenvalue weighted by Crippen LogP contribution is -2.34. The first-order valence-electron chi connectivity index (χ1n) is 18.8. The molecule has 49 heavy (non-hydrogen) atoms. The summed E-state index contributed by atoms with van der Waals surface area (Å²) in [5, 5.41) is 0. The van der Waals surface area contributed by atoms with Crippen molar-refractivity contribution in [3.05, 3.63) is 140 Å². The molecule has 0 amide bonds. The summed E-state index contributed by atoms with van der Waals surface area (Å²) in [7, 11) is 0. The SMILES string of the molecule is C=C(c1ccc(C)cc1)c1cc2c(cc1C)C(C)(C)CCC2(C)C.Cc1ccc(C2(c3cc4c(cc3C)C(C)(C)CCC4(C)C)CC2)nc1. The van der Waals surface area contributed by atoms with E-state index in [-0.39, 0.29) is 27.1 Å². The Balaban J connectivity index is 0.000000170. The lowest BCUT2D eigenvalue weighted by atomic mass is 9.62. The quantitative estimate of drug-likeness (QED) is 0.214. The van der Waals surface area contributed by atoms with Crippen LogP contribution < -0.4 is 0 Å². The molecule has 0 radical (unpaired) electrons. The van der Waals surface area contributed by atoms with Crippen LogP contribution in [0.4, 0.5) is 0 Å². The highest BCUT2D eigenvalue weighted by Gasteiger charge is 2.49. The van der Waals surface area contributed by atoms with E-state index in [1.165, 1.54) is 94.3 Å². The summed E-state index contributed by atoms with van der Waals surface area (Å²) >= 11 is 0. The Morgan fingerprint density at radius 3 is 1.43 bits per heavy atom.